The van der Waals surface area contributed by atoms with Gasteiger partial charge in [-0.05, 0) is 23.8 Å². The summed E-state index contributed by atoms with van der Waals surface area (Å²) in [4.78, 5) is 3.97. The zero-order valence-electron chi connectivity index (χ0n) is 10.7. The molecular formula is C15H13ClN4. The van der Waals surface area contributed by atoms with Crippen LogP contribution in [0.4, 0.5) is 5.69 Å². The summed E-state index contributed by atoms with van der Waals surface area (Å²) in [5.74, 6) is 0. The van der Waals surface area contributed by atoms with Crippen molar-refractivity contribution in [2.24, 2.45) is 0 Å². The fourth-order valence-electron chi connectivity index (χ4n) is 1.98. The first kappa shape index (κ1) is 12.7. The fraction of sp³-hybridized carbons (Fsp3) is 0.0667. The van der Waals surface area contributed by atoms with Crippen LogP contribution in [0.3, 0.4) is 0 Å². The second-order valence-electron chi connectivity index (χ2n) is 4.34. The summed E-state index contributed by atoms with van der Waals surface area (Å²) in [5, 5.41) is 8.22. The number of hydrogen-bond donors (Lipinski definition) is 1. The highest BCUT2D eigenvalue weighted by Gasteiger charge is 2.06. The molecule has 1 heterocycles. The maximum absolute atomic E-state index is 6.07. The molecule has 3 rings (SSSR count). The zero-order chi connectivity index (χ0) is 13.8. The minimum absolute atomic E-state index is 0.685. The Labute approximate surface area is 122 Å². The monoisotopic (exact) mass is 284 g/mol. The molecule has 0 saturated carbocycles. The Morgan fingerprint density at radius 1 is 1.10 bits per heavy atom. The number of anilines is 1. The Morgan fingerprint density at radius 3 is 2.70 bits per heavy atom. The molecule has 5 heteroatoms. The van der Waals surface area contributed by atoms with Crippen LogP contribution in [0.2, 0.25) is 5.02 Å². The van der Waals surface area contributed by atoms with Gasteiger partial charge in [0.1, 0.15) is 12.7 Å². The topological polar surface area (TPSA) is 42.7 Å². The molecule has 0 bridgehead atoms. The molecule has 0 unspecified atom stereocenters. The number of nitrogens with zero attached hydrogens (tertiary/aromatic N) is 3. The van der Waals surface area contributed by atoms with E-state index in [9.17, 15) is 0 Å². The van der Waals surface area contributed by atoms with Crippen LogP contribution in [0.5, 0.6) is 0 Å². The van der Waals surface area contributed by atoms with Gasteiger partial charge in [0.05, 0.1) is 11.4 Å². The van der Waals surface area contributed by atoms with Crippen LogP contribution >= 0.6 is 11.6 Å². The molecule has 0 aliphatic rings. The zero-order valence-corrected chi connectivity index (χ0v) is 11.5. The van der Waals surface area contributed by atoms with Crippen molar-refractivity contribution in [2.45, 2.75) is 6.54 Å². The summed E-state index contributed by atoms with van der Waals surface area (Å²) in [6.07, 6.45) is 3.17. The summed E-state index contributed by atoms with van der Waals surface area (Å²) in [7, 11) is 0. The van der Waals surface area contributed by atoms with Crippen LogP contribution in [0.25, 0.3) is 5.69 Å². The van der Waals surface area contributed by atoms with E-state index in [0.29, 0.717) is 5.02 Å². The van der Waals surface area contributed by atoms with Crippen molar-refractivity contribution < 1.29 is 0 Å². The Hall–Kier alpha value is -2.33. The molecule has 0 amide bonds. The molecule has 0 radical (unpaired) electrons. The van der Waals surface area contributed by atoms with Crippen molar-refractivity contribution >= 4 is 17.3 Å². The lowest BCUT2D eigenvalue weighted by atomic mass is 10.2. The number of halogens is 1. The number of nitrogens with one attached hydrogen (secondary N) is 1. The first-order chi connectivity index (χ1) is 9.83. The lowest BCUT2D eigenvalue weighted by Gasteiger charge is -2.12. The van der Waals surface area contributed by atoms with E-state index in [2.05, 4.69) is 27.5 Å². The largest absolute Gasteiger partial charge is 0.379 e. The molecule has 0 aliphatic carbocycles. The Morgan fingerprint density at radius 2 is 1.95 bits per heavy atom. The van der Waals surface area contributed by atoms with Gasteiger partial charge in [-0.1, -0.05) is 41.9 Å². The molecule has 100 valence electrons. The lowest BCUT2D eigenvalue weighted by molar-refractivity contribution is 0.878. The van der Waals surface area contributed by atoms with Crippen LogP contribution in [0.15, 0.2) is 61.2 Å². The van der Waals surface area contributed by atoms with Gasteiger partial charge in [-0.15, -0.1) is 0 Å². The second kappa shape index (κ2) is 5.75. The van der Waals surface area contributed by atoms with Crippen molar-refractivity contribution in [1.29, 1.82) is 0 Å². The smallest absolute Gasteiger partial charge is 0.138 e. The minimum Gasteiger partial charge on any atom is -0.379 e. The molecule has 0 saturated heterocycles. The molecule has 2 aromatic carbocycles. The van der Waals surface area contributed by atoms with Gasteiger partial charge in [-0.25, -0.2) is 9.67 Å². The van der Waals surface area contributed by atoms with Crippen LogP contribution in [-0.4, -0.2) is 14.8 Å². The average molecular weight is 285 g/mol. The van der Waals surface area contributed by atoms with Crippen LogP contribution in [-0.2, 0) is 6.54 Å². The molecule has 4 nitrogen and oxygen atoms in total. The Kier molecular flexibility index (Phi) is 3.65. The molecule has 1 aromatic heterocycles. The molecule has 0 atom stereocenters. The van der Waals surface area contributed by atoms with Gasteiger partial charge >= 0.3 is 0 Å². The van der Waals surface area contributed by atoms with Crippen molar-refractivity contribution in [3.63, 3.8) is 0 Å². The van der Waals surface area contributed by atoms with Gasteiger partial charge in [0.15, 0.2) is 0 Å². The first-order valence-electron chi connectivity index (χ1n) is 6.25. The molecule has 1 N–H and O–H groups in total. The predicted octanol–water partition coefficient (Wildman–Crippen LogP) is 3.53. The summed E-state index contributed by atoms with van der Waals surface area (Å²) in [5.41, 5.74) is 3.05. The third-order valence-electron chi connectivity index (χ3n) is 2.95. The van der Waals surface area contributed by atoms with Gasteiger partial charge in [-0.2, -0.15) is 5.10 Å². The molecule has 0 spiro atoms. The van der Waals surface area contributed by atoms with Gasteiger partial charge in [-0.3, -0.25) is 0 Å². The van der Waals surface area contributed by atoms with E-state index in [0.717, 1.165) is 17.9 Å². The summed E-state index contributed by atoms with van der Waals surface area (Å²) in [6.45, 7) is 0.725. The van der Waals surface area contributed by atoms with Crippen molar-refractivity contribution in [3.8, 4) is 5.69 Å². The summed E-state index contributed by atoms with van der Waals surface area (Å²) < 4.78 is 1.71. The third kappa shape index (κ3) is 2.81. The Balaban J connectivity index is 1.87. The summed E-state index contributed by atoms with van der Waals surface area (Å²) in [6, 6.07) is 15.8. The van der Waals surface area contributed by atoms with Crippen LogP contribution < -0.4 is 5.32 Å². The van der Waals surface area contributed by atoms with E-state index >= 15 is 0 Å². The van der Waals surface area contributed by atoms with Crippen molar-refractivity contribution in [3.05, 3.63) is 71.8 Å². The highest BCUT2D eigenvalue weighted by Crippen LogP contribution is 2.24. The van der Waals surface area contributed by atoms with Crippen molar-refractivity contribution in [2.75, 3.05) is 5.32 Å². The average Bonchev–Trinajstić information content (AvgIpc) is 3.00. The van der Waals surface area contributed by atoms with E-state index in [1.165, 1.54) is 11.9 Å². The normalized spacial score (nSPS) is 10.4. The van der Waals surface area contributed by atoms with E-state index < -0.39 is 0 Å². The van der Waals surface area contributed by atoms with Gasteiger partial charge in [0.2, 0.25) is 0 Å². The quantitative estimate of drug-likeness (QED) is 0.797. The SMILES string of the molecule is Clc1ccc(-n2cncn2)c(NCc2ccccc2)c1. The lowest BCUT2D eigenvalue weighted by Crippen LogP contribution is -2.04. The molecule has 20 heavy (non-hydrogen) atoms. The number of aromatic nitrogens is 3. The van der Waals surface area contributed by atoms with Gasteiger partial charge in [0.25, 0.3) is 0 Å². The van der Waals surface area contributed by atoms with E-state index in [-0.39, 0.29) is 0 Å². The minimum atomic E-state index is 0.685. The number of rotatable bonds is 4. The molecule has 0 fully saturated rings. The first-order valence-corrected chi connectivity index (χ1v) is 6.63. The molecule has 0 aliphatic heterocycles. The molecule has 3 aromatic rings. The van der Waals surface area contributed by atoms with E-state index in [1.54, 1.807) is 11.0 Å². The maximum Gasteiger partial charge on any atom is 0.138 e. The molecular weight excluding hydrogens is 272 g/mol. The fourth-order valence-corrected chi connectivity index (χ4v) is 2.15. The predicted molar refractivity (Wildman–Crippen MR) is 80.1 cm³/mol. The van der Waals surface area contributed by atoms with Crippen molar-refractivity contribution in [1.82, 2.24) is 14.8 Å². The summed E-state index contributed by atoms with van der Waals surface area (Å²) >= 11 is 6.07. The van der Waals surface area contributed by atoms with Crippen LogP contribution in [0, 0.1) is 0 Å². The standard InChI is InChI=1S/C15H13ClN4/c16-13-6-7-15(20-11-17-10-19-20)14(8-13)18-9-12-4-2-1-3-5-12/h1-8,10-11,18H,9H2. The maximum atomic E-state index is 6.07. The number of hydrogen-bond acceptors (Lipinski definition) is 3. The van der Waals surface area contributed by atoms with Gasteiger partial charge in [0, 0.05) is 11.6 Å². The second-order valence-corrected chi connectivity index (χ2v) is 4.78. The van der Waals surface area contributed by atoms with Gasteiger partial charge < -0.3 is 5.32 Å². The third-order valence-corrected chi connectivity index (χ3v) is 3.19. The van der Waals surface area contributed by atoms with E-state index in [1.807, 2.05) is 36.4 Å². The van der Waals surface area contributed by atoms with Crippen LogP contribution in [0.1, 0.15) is 5.56 Å². The number of benzene rings is 2. The van der Waals surface area contributed by atoms with E-state index in [4.69, 9.17) is 11.6 Å². The Bertz CT molecular complexity index is 680. The highest BCUT2D eigenvalue weighted by atomic mass is 35.5. The highest BCUT2D eigenvalue weighted by molar-refractivity contribution is 6.31.